The van der Waals surface area contributed by atoms with Gasteiger partial charge in [-0.25, -0.2) is 0 Å². The average Bonchev–Trinajstić information content (AvgIpc) is 3.17. The van der Waals surface area contributed by atoms with Gasteiger partial charge in [0.25, 0.3) is 5.22 Å². The Morgan fingerprint density at radius 1 is 1.00 bits per heavy atom. The van der Waals surface area contributed by atoms with Crippen LogP contribution < -0.4 is 5.32 Å². The number of nitrogens with zero attached hydrogens (tertiary/aromatic N) is 3. The molecular formula is C19H14N4O2S. The Bertz CT molecular complexity index is 1040. The predicted octanol–water partition coefficient (Wildman–Crippen LogP) is 4.02. The molecule has 4 aromatic rings. The van der Waals surface area contributed by atoms with Crippen LogP contribution in [0.4, 0.5) is 5.69 Å². The van der Waals surface area contributed by atoms with Crippen LogP contribution in [0.3, 0.4) is 0 Å². The van der Waals surface area contributed by atoms with Gasteiger partial charge in [-0.2, -0.15) is 0 Å². The van der Waals surface area contributed by atoms with Crippen molar-refractivity contribution in [1.29, 1.82) is 0 Å². The molecule has 0 radical (unpaired) electrons. The summed E-state index contributed by atoms with van der Waals surface area (Å²) in [7, 11) is 0. The van der Waals surface area contributed by atoms with Crippen LogP contribution in [0.25, 0.3) is 22.2 Å². The van der Waals surface area contributed by atoms with E-state index in [0.717, 1.165) is 22.0 Å². The van der Waals surface area contributed by atoms with Crippen LogP contribution in [0.15, 0.2) is 76.6 Å². The quantitative estimate of drug-likeness (QED) is 0.540. The van der Waals surface area contributed by atoms with Gasteiger partial charge in [-0.1, -0.05) is 48.2 Å². The van der Waals surface area contributed by atoms with E-state index in [9.17, 15) is 4.79 Å². The molecule has 0 aliphatic carbocycles. The number of hydrogen-bond donors (Lipinski definition) is 1. The summed E-state index contributed by atoms with van der Waals surface area (Å²) in [5.41, 5.74) is 1.58. The molecule has 0 bridgehead atoms. The second-order valence-corrected chi connectivity index (χ2v) is 6.40. The molecule has 0 aliphatic rings. The Labute approximate surface area is 153 Å². The highest BCUT2D eigenvalue weighted by atomic mass is 32.2. The molecule has 0 saturated heterocycles. The fraction of sp³-hybridized carbons (Fsp3) is 0.0526. The number of fused-ring (bicyclic) bond motifs is 1. The molecule has 128 valence electrons. The zero-order valence-corrected chi connectivity index (χ0v) is 14.4. The zero-order valence-electron chi connectivity index (χ0n) is 13.6. The molecule has 0 saturated carbocycles. The lowest BCUT2D eigenvalue weighted by molar-refractivity contribution is -0.113. The number of nitrogens with one attached hydrogen (secondary N) is 1. The van der Waals surface area contributed by atoms with Gasteiger partial charge in [-0.3, -0.25) is 9.78 Å². The van der Waals surface area contributed by atoms with E-state index in [4.69, 9.17) is 4.42 Å². The number of aromatic nitrogens is 3. The average molecular weight is 362 g/mol. The van der Waals surface area contributed by atoms with Crippen LogP contribution in [0.1, 0.15) is 0 Å². The normalized spacial score (nSPS) is 10.8. The molecule has 2 heterocycles. The molecule has 0 fully saturated rings. The molecule has 6 nitrogen and oxygen atoms in total. The van der Waals surface area contributed by atoms with Crippen molar-refractivity contribution in [2.24, 2.45) is 0 Å². The Hall–Kier alpha value is -3.19. The highest BCUT2D eigenvalue weighted by Crippen LogP contribution is 2.25. The lowest BCUT2D eigenvalue weighted by Gasteiger charge is -2.07. The number of carbonyl (C=O) groups is 1. The number of hydrogen-bond acceptors (Lipinski definition) is 6. The van der Waals surface area contributed by atoms with E-state index < -0.39 is 0 Å². The number of rotatable bonds is 5. The fourth-order valence-electron chi connectivity index (χ4n) is 2.53. The van der Waals surface area contributed by atoms with Gasteiger partial charge in [0.2, 0.25) is 11.8 Å². The van der Waals surface area contributed by atoms with E-state index in [1.54, 1.807) is 24.5 Å². The number of thioether (sulfide) groups is 1. The van der Waals surface area contributed by atoms with Crippen LogP contribution in [0.5, 0.6) is 0 Å². The molecule has 7 heteroatoms. The van der Waals surface area contributed by atoms with Gasteiger partial charge in [0.1, 0.15) is 0 Å². The second kappa shape index (κ2) is 7.37. The molecule has 0 atom stereocenters. The number of benzene rings is 2. The summed E-state index contributed by atoms with van der Waals surface area (Å²) in [6.45, 7) is 0. The fourth-order valence-corrected chi connectivity index (χ4v) is 3.09. The van der Waals surface area contributed by atoms with Crippen molar-refractivity contribution in [3.05, 3.63) is 67.0 Å². The summed E-state index contributed by atoms with van der Waals surface area (Å²) in [6.07, 6.45) is 3.31. The van der Waals surface area contributed by atoms with Gasteiger partial charge in [-0.05, 0) is 23.6 Å². The molecule has 2 aromatic heterocycles. The molecule has 0 spiro atoms. The first kappa shape index (κ1) is 16.3. The van der Waals surface area contributed by atoms with Gasteiger partial charge >= 0.3 is 0 Å². The van der Waals surface area contributed by atoms with E-state index in [1.165, 1.54) is 11.8 Å². The Morgan fingerprint density at radius 2 is 1.81 bits per heavy atom. The zero-order chi connectivity index (χ0) is 17.8. The standard InChI is InChI=1S/C19H14N4O2S/c24-17(21-16-7-3-5-13-4-1-2-6-15(13)16)12-26-19-23-22-18(25-19)14-8-10-20-11-9-14/h1-11H,12H2,(H,21,24). The summed E-state index contributed by atoms with van der Waals surface area (Å²) in [5.74, 6) is 0.459. The number of carbonyl (C=O) groups excluding carboxylic acids is 1. The Balaban J connectivity index is 1.41. The second-order valence-electron chi connectivity index (χ2n) is 5.47. The molecular weight excluding hydrogens is 348 g/mol. The third-order valence-electron chi connectivity index (χ3n) is 3.72. The van der Waals surface area contributed by atoms with Crippen molar-refractivity contribution in [3.8, 4) is 11.5 Å². The van der Waals surface area contributed by atoms with Crippen molar-refractivity contribution in [2.75, 3.05) is 11.1 Å². The Kier molecular flexibility index (Phi) is 4.61. The highest BCUT2D eigenvalue weighted by molar-refractivity contribution is 7.99. The van der Waals surface area contributed by atoms with Crippen molar-refractivity contribution in [3.63, 3.8) is 0 Å². The van der Waals surface area contributed by atoms with Gasteiger partial charge in [-0.15, -0.1) is 10.2 Å². The van der Waals surface area contributed by atoms with Crippen LogP contribution in [-0.2, 0) is 4.79 Å². The smallest absolute Gasteiger partial charge is 0.277 e. The number of pyridine rings is 1. The summed E-state index contributed by atoms with van der Waals surface area (Å²) in [6, 6.07) is 17.3. The van der Waals surface area contributed by atoms with E-state index in [-0.39, 0.29) is 11.7 Å². The van der Waals surface area contributed by atoms with E-state index in [2.05, 4.69) is 20.5 Å². The van der Waals surface area contributed by atoms with Crippen LogP contribution in [-0.4, -0.2) is 26.8 Å². The monoisotopic (exact) mass is 362 g/mol. The summed E-state index contributed by atoms with van der Waals surface area (Å²) in [4.78, 5) is 16.2. The maximum absolute atomic E-state index is 12.3. The third-order valence-corrected chi connectivity index (χ3v) is 4.54. The lowest BCUT2D eigenvalue weighted by Crippen LogP contribution is -2.14. The molecule has 2 aromatic carbocycles. The minimum absolute atomic E-state index is 0.130. The molecule has 0 unspecified atom stereocenters. The van der Waals surface area contributed by atoms with E-state index >= 15 is 0 Å². The van der Waals surface area contributed by atoms with Crippen molar-refractivity contribution < 1.29 is 9.21 Å². The molecule has 26 heavy (non-hydrogen) atoms. The highest BCUT2D eigenvalue weighted by Gasteiger charge is 2.12. The number of anilines is 1. The third kappa shape index (κ3) is 3.57. The Morgan fingerprint density at radius 3 is 2.69 bits per heavy atom. The minimum atomic E-state index is -0.130. The first-order chi connectivity index (χ1) is 12.8. The maximum Gasteiger partial charge on any atom is 0.277 e. The van der Waals surface area contributed by atoms with Gasteiger partial charge < -0.3 is 9.73 Å². The van der Waals surface area contributed by atoms with E-state index in [1.807, 2.05) is 42.5 Å². The van der Waals surface area contributed by atoms with Crippen LogP contribution in [0.2, 0.25) is 0 Å². The number of amides is 1. The van der Waals surface area contributed by atoms with Crippen LogP contribution in [0, 0.1) is 0 Å². The van der Waals surface area contributed by atoms with Crippen molar-refractivity contribution in [2.45, 2.75) is 5.22 Å². The van der Waals surface area contributed by atoms with Gasteiger partial charge in [0, 0.05) is 29.0 Å². The maximum atomic E-state index is 12.3. The van der Waals surface area contributed by atoms with Crippen molar-refractivity contribution in [1.82, 2.24) is 15.2 Å². The predicted molar refractivity (Wildman–Crippen MR) is 101 cm³/mol. The molecule has 1 N–H and O–H groups in total. The van der Waals surface area contributed by atoms with Gasteiger partial charge in [0.05, 0.1) is 5.75 Å². The largest absolute Gasteiger partial charge is 0.411 e. The van der Waals surface area contributed by atoms with Gasteiger partial charge in [0.15, 0.2) is 0 Å². The minimum Gasteiger partial charge on any atom is -0.411 e. The van der Waals surface area contributed by atoms with E-state index in [0.29, 0.717) is 11.1 Å². The first-order valence-corrected chi connectivity index (χ1v) is 8.92. The lowest BCUT2D eigenvalue weighted by atomic mass is 10.1. The summed E-state index contributed by atoms with van der Waals surface area (Å²) < 4.78 is 5.57. The summed E-state index contributed by atoms with van der Waals surface area (Å²) >= 11 is 1.20. The first-order valence-electron chi connectivity index (χ1n) is 7.94. The van der Waals surface area contributed by atoms with Crippen LogP contribution >= 0.6 is 11.8 Å². The van der Waals surface area contributed by atoms with Crippen molar-refractivity contribution >= 4 is 34.1 Å². The molecule has 1 amide bonds. The topological polar surface area (TPSA) is 80.9 Å². The SMILES string of the molecule is O=C(CSc1nnc(-c2ccncc2)o1)Nc1cccc2ccccc12. The molecule has 0 aliphatic heterocycles. The summed E-state index contributed by atoms with van der Waals surface area (Å²) in [5, 5.41) is 13.3. The molecule has 4 rings (SSSR count).